The molecule has 1 atom stereocenters. The van der Waals surface area contributed by atoms with Crippen LogP contribution in [0.4, 0.5) is 0 Å². The number of unbranched alkanes of at least 4 members (excludes halogenated alkanes) is 4. The van der Waals surface area contributed by atoms with E-state index in [9.17, 15) is 0 Å². The topological polar surface area (TPSA) is 29.5 Å². The van der Waals surface area contributed by atoms with E-state index in [1.165, 1.54) is 44.9 Å². The zero-order chi connectivity index (χ0) is 11.4. The van der Waals surface area contributed by atoms with Crippen LogP contribution in [-0.2, 0) is 4.74 Å². The van der Waals surface area contributed by atoms with E-state index < -0.39 is 0 Å². The maximum atomic E-state index is 8.60. The van der Waals surface area contributed by atoms with Crippen molar-refractivity contribution in [3.8, 4) is 0 Å². The summed E-state index contributed by atoms with van der Waals surface area (Å²) in [6, 6.07) is 0. The van der Waals surface area contributed by atoms with E-state index in [1.54, 1.807) is 0 Å². The minimum Gasteiger partial charge on any atom is -0.394 e. The molecule has 0 aromatic carbocycles. The Hall–Kier alpha value is -0.0800. The van der Waals surface area contributed by atoms with E-state index in [1.807, 2.05) is 0 Å². The van der Waals surface area contributed by atoms with Crippen molar-refractivity contribution in [3.05, 3.63) is 0 Å². The fraction of sp³-hybridized carbons (Fsp3) is 1.00. The molecule has 0 aliphatic heterocycles. The van der Waals surface area contributed by atoms with Gasteiger partial charge in [0.05, 0.1) is 13.2 Å². The normalized spacial score (nSPS) is 13.0. The minimum absolute atomic E-state index is 0.146. The lowest BCUT2D eigenvalue weighted by atomic mass is 9.99. The second-order valence-corrected chi connectivity index (χ2v) is 4.28. The van der Waals surface area contributed by atoms with Crippen molar-refractivity contribution >= 4 is 0 Å². The molecular formula is C13H28O2. The van der Waals surface area contributed by atoms with Gasteiger partial charge in [0.1, 0.15) is 0 Å². The van der Waals surface area contributed by atoms with Crippen molar-refractivity contribution in [2.24, 2.45) is 5.92 Å². The van der Waals surface area contributed by atoms with Gasteiger partial charge in [-0.15, -0.1) is 0 Å². The van der Waals surface area contributed by atoms with Crippen LogP contribution in [0.5, 0.6) is 0 Å². The van der Waals surface area contributed by atoms with Gasteiger partial charge in [-0.2, -0.15) is 0 Å². The molecule has 0 amide bonds. The van der Waals surface area contributed by atoms with Crippen molar-refractivity contribution in [3.63, 3.8) is 0 Å². The number of aliphatic hydroxyl groups is 1. The van der Waals surface area contributed by atoms with Crippen LogP contribution >= 0.6 is 0 Å². The molecular weight excluding hydrogens is 188 g/mol. The van der Waals surface area contributed by atoms with Crippen molar-refractivity contribution in [2.45, 2.75) is 58.8 Å². The molecule has 2 nitrogen and oxygen atoms in total. The van der Waals surface area contributed by atoms with Gasteiger partial charge < -0.3 is 9.84 Å². The summed E-state index contributed by atoms with van der Waals surface area (Å²) >= 11 is 0. The Bertz CT molecular complexity index is 115. The molecule has 0 aromatic rings. The Kier molecular flexibility index (Phi) is 11.9. The quantitative estimate of drug-likeness (QED) is 0.536. The third kappa shape index (κ3) is 10.2. The number of ether oxygens (including phenoxy) is 1. The van der Waals surface area contributed by atoms with Gasteiger partial charge in [-0.25, -0.2) is 0 Å². The Labute approximate surface area is 95.0 Å². The summed E-state index contributed by atoms with van der Waals surface area (Å²) in [5, 5.41) is 8.60. The summed E-state index contributed by atoms with van der Waals surface area (Å²) < 4.78 is 5.36. The van der Waals surface area contributed by atoms with E-state index in [2.05, 4.69) is 13.8 Å². The zero-order valence-corrected chi connectivity index (χ0v) is 10.5. The fourth-order valence-corrected chi connectivity index (χ4v) is 1.76. The largest absolute Gasteiger partial charge is 0.394 e. The Morgan fingerprint density at radius 2 is 1.80 bits per heavy atom. The van der Waals surface area contributed by atoms with Gasteiger partial charge >= 0.3 is 0 Å². The molecule has 0 saturated carbocycles. The van der Waals surface area contributed by atoms with Crippen LogP contribution in [0.1, 0.15) is 58.8 Å². The lowest BCUT2D eigenvalue weighted by molar-refractivity contribution is 0.0639. The van der Waals surface area contributed by atoms with Crippen molar-refractivity contribution in [1.82, 2.24) is 0 Å². The molecule has 0 aliphatic rings. The van der Waals surface area contributed by atoms with Gasteiger partial charge in [-0.1, -0.05) is 52.4 Å². The van der Waals surface area contributed by atoms with E-state index in [0.717, 1.165) is 6.61 Å². The summed E-state index contributed by atoms with van der Waals surface area (Å²) in [6.07, 6.45) is 9.25. The highest BCUT2D eigenvalue weighted by Crippen LogP contribution is 2.14. The van der Waals surface area contributed by atoms with Crippen LogP contribution < -0.4 is 0 Å². The average Bonchev–Trinajstić information content (AvgIpc) is 2.26. The van der Waals surface area contributed by atoms with Gasteiger partial charge in [0.15, 0.2) is 0 Å². The second kappa shape index (κ2) is 12.0. The van der Waals surface area contributed by atoms with Crippen LogP contribution in [0.3, 0.4) is 0 Å². The number of rotatable bonds is 11. The minimum atomic E-state index is 0.146. The predicted molar refractivity (Wildman–Crippen MR) is 65.1 cm³/mol. The second-order valence-electron chi connectivity index (χ2n) is 4.28. The van der Waals surface area contributed by atoms with Gasteiger partial charge in [0, 0.05) is 6.61 Å². The Morgan fingerprint density at radius 1 is 1.07 bits per heavy atom. The van der Waals surface area contributed by atoms with Gasteiger partial charge in [0.25, 0.3) is 0 Å². The monoisotopic (exact) mass is 216 g/mol. The van der Waals surface area contributed by atoms with Crippen LogP contribution in [0, 0.1) is 5.92 Å². The van der Waals surface area contributed by atoms with E-state index in [0.29, 0.717) is 12.5 Å². The van der Waals surface area contributed by atoms with Crippen LogP contribution in [0.25, 0.3) is 0 Å². The number of hydrogen-bond acceptors (Lipinski definition) is 2. The van der Waals surface area contributed by atoms with Crippen molar-refractivity contribution in [2.75, 3.05) is 19.8 Å². The van der Waals surface area contributed by atoms with Gasteiger partial charge in [0.2, 0.25) is 0 Å². The first-order valence-corrected chi connectivity index (χ1v) is 6.53. The molecule has 0 rings (SSSR count). The highest BCUT2D eigenvalue weighted by molar-refractivity contribution is 4.56. The van der Waals surface area contributed by atoms with Crippen LogP contribution in [0.15, 0.2) is 0 Å². The zero-order valence-electron chi connectivity index (χ0n) is 10.5. The van der Waals surface area contributed by atoms with Crippen molar-refractivity contribution < 1.29 is 9.84 Å². The number of hydrogen-bond donors (Lipinski definition) is 1. The van der Waals surface area contributed by atoms with Crippen LogP contribution in [-0.4, -0.2) is 24.9 Å². The average molecular weight is 216 g/mol. The summed E-state index contributed by atoms with van der Waals surface area (Å²) in [6.45, 7) is 5.93. The summed E-state index contributed by atoms with van der Waals surface area (Å²) in [5.74, 6) is 0.693. The molecule has 1 unspecified atom stereocenters. The molecule has 0 radical (unpaired) electrons. The van der Waals surface area contributed by atoms with E-state index >= 15 is 0 Å². The van der Waals surface area contributed by atoms with E-state index in [-0.39, 0.29) is 6.61 Å². The lowest BCUT2D eigenvalue weighted by Gasteiger charge is -2.14. The molecule has 0 heterocycles. The fourth-order valence-electron chi connectivity index (χ4n) is 1.76. The molecule has 2 heteroatoms. The molecule has 0 aromatic heterocycles. The smallest absolute Gasteiger partial charge is 0.0697 e. The first-order valence-electron chi connectivity index (χ1n) is 6.53. The SMILES string of the molecule is CCCCCCCC(CC)COCCO. The first-order chi connectivity index (χ1) is 7.35. The molecule has 0 bridgehead atoms. The highest BCUT2D eigenvalue weighted by Gasteiger charge is 2.05. The molecule has 1 N–H and O–H groups in total. The number of aliphatic hydroxyl groups excluding tert-OH is 1. The predicted octanol–water partition coefficient (Wildman–Crippen LogP) is 3.38. The van der Waals surface area contributed by atoms with Crippen LogP contribution in [0.2, 0.25) is 0 Å². The van der Waals surface area contributed by atoms with Crippen molar-refractivity contribution in [1.29, 1.82) is 0 Å². The first kappa shape index (κ1) is 14.9. The summed E-state index contributed by atoms with van der Waals surface area (Å²) in [4.78, 5) is 0. The highest BCUT2D eigenvalue weighted by atomic mass is 16.5. The standard InChI is InChI=1S/C13H28O2/c1-3-5-6-7-8-9-13(4-2)12-15-11-10-14/h13-14H,3-12H2,1-2H3. The maximum absolute atomic E-state index is 8.60. The molecule has 0 fully saturated rings. The summed E-state index contributed by atoms with van der Waals surface area (Å²) in [7, 11) is 0. The Balaban J connectivity index is 3.28. The van der Waals surface area contributed by atoms with Gasteiger partial charge in [-0.05, 0) is 12.3 Å². The lowest BCUT2D eigenvalue weighted by Crippen LogP contribution is -2.11. The molecule has 92 valence electrons. The third-order valence-electron chi connectivity index (χ3n) is 2.88. The Morgan fingerprint density at radius 3 is 2.40 bits per heavy atom. The molecule has 0 saturated heterocycles. The van der Waals surface area contributed by atoms with E-state index in [4.69, 9.17) is 9.84 Å². The maximum Gasteiger partial charge on any atom is 0.0697 e. The summed E-state index contributed by atoms with van der Waals surface area (Å²) in [5.41, 5.74) is 0. The molecule has 0 aliphatic carbocycles. The molecule has 0 spiro atoms. The third-order valence-corrected chi connectivity index (χ3v) is 2.88. The molecule has 15 heavy (non-hydrogen) atoms. The van der Waals surface area contributed by atoms with Gasteiger partial charge in [-0.3, -0.25) is 0 Å².